The molecular formula is C12H26O4. The molecule has 0 aliphatic carbocycles. The third-order valence-corrected chi connectivity index (χ3v) is 2.59. The summed E-state index contributed by atoms with van der Waals surface area (Å²) in [5.74, 6) is -0.516. The Labute approximate surface area is 98.2 Å². The van der Waals surface area contributed by atoms with Crippen LogP contribution in [-0.4, -0.2) is 16.7 Å². The molecule has 0 bridgehead atoms. The maximum absolute atomic E-state index is 10.5. The second kappa shape index (κ2) is 14.4. The average Bonchev–Trinajstić information content (AvgIpc) is 2.26. The van der Waals surface area contributed by atoms with E-state index in [1.807, 2.05) is 0 Å². The lowest BCUT2D eigenvalue weighted by atomic mass is 10.1. The molecule has 3 N–H and O–H groups in total. The Balaban J connectivity index is 0. The normalized spacial score (nSPS) is 9.62. The van der Waals surface area contributed by atoms with Crippen molar-refractivity contribution in [2.75, 3.05) is 0 Å². The fraction of sp³-hybridized carbons (Fsp3) is 0.917. The topological polar surface area (TPSA) is 78.0 Å². The molecule has 0 saturated carbocycles. The highest BCUT2D eigenvalue weighted by Gasteiger charge is 2.00. The van der Waals surface area contributed by atoms with Crippen molar-refractivity contribution in [1.29, 1.82) is 0 Å². The lowest BCUT2D eigenvalue weighted by Crippen LogP contribution is -1.99. The van der Waals surface area contributed by atoms with Crippen molar-refractivity contribution in [2.24, 2.45) is 0 Å². The smallest absolute Gasteiger partial charge is 0.342 e. The monoisotopic (exact) mass is 234 g/mol. The van der Waals surface area contributed by atoms with Gasteiger partial charge in [0.25, 0.3) is 0 Å². The van der Waals surface area contributed by atoms with Crippen LogP contribution in [-0.2, 0) is 9.68 Å². The summed E-state index contributed by atoms with van der Waals surface area (Å²) >= 11 is 0. The van der Waals surface area contributed by atoms with Crippen LogP contribution in [0.1, 0.15) is 71.1 Å². The molecular weight excluding hydrogens is 208 g/mol. The molecule has 0 aliphatic rings. The van der Waals surface area contributed by atoms with Crippen LogP contribution >= 0.6 is 0 Å². The number of hydrogen-bond acceptors (Lipinski definition) is 3. The second-order valence-electron chi connectivity index (χ2n) is 4.04. The highest BCUT2D eigenvalue weighted by molar-refractivity contribution is 5.68. The predicted molar refractivity (Wildman–Crippen MR) is 64.2 cm³/mol. The zero-order valence-corrected chi connectivity index (χ0v) is 10.3. The lowest BCUT2D eigenvalue weighted by Gasteiger charge is -2.00. The van der Waals surface area contributed by atoms with Crippen molar-refractivity contribution < 1.29 is 20.4 Å². The van der Waals surface area contributed by atoms with E-state index in [1.54, 1.807) is 0 Å². The minimum absolute atomic E-state index is 0. The van der Waals surface area contributed by atoms with E-state index >= 15 is 0 Å². The minimum atomic E-state index is -0.516. The van der Waals surface area contributed by atoms with Gasteiger partial charge in [-0.25, -0.2) is 4.79 Å². The first-order valence-corrected chi connectivity index (χ1v) is 6.15. The Kier molecular flexibility index (Phi) is 16.0. The maximum atomic E-state index is 10.5. The van der Waals surface area contributed by atoms with Crippen LogP contribution in [0.25, 0.3) is 0 Å². The van der Waals surface area contributed by atoms with Crippen LogP contribution in [0, 0.1) is 0 Å². The Morgan fingerprint density at radius 2 is 1.38 bits per heavy atom. The maximum Gasteiger partial charge on any atom is 0.342 e. The van der Waals surface area contributed by atoms with Gasteiger partial charge in [-0.3, -0.25) is 0 Å². The van der Waals surface area contributed by atoms with Crippen LogP contribution in [0.3, 0.4) is 0 Å². The first-order valence-electron chi connectivity index (χ1n) is 6.15. The Bertz CT molecular complexity index is 148. The summed E-state index contributed by atoms with van der Waals surface area (Å²) in [6.45, 7) is 2.22. The van der Waals surface area contributed by atoms with Crippen molar-refractivity contribution in [3.63, 3.8) is 0 Å². The van der Waals surface area contributed by atoms with Gasteiger partial charge in [0.2, 0.25) is 0 Å². The van der Waals surface area contributed by atoms with Gasteiger partial charge in [0.05, 0.1) is 0 Å². The number of hydrogen-bond donors (Lipinski definition) is 1. The molecule has 0 spiro atoms. The van der Waals surface area contributed by atoms with Gasteiger partial charge in [0, 0.05) is 6.42 Å². The van der Waals surface area contributed by atoms with Crippen molar-refractivity contribution in [3.05, 3.63) is 0 Å². The first-order chi connectivity index (χ1) is 7.31. The summed E-state index contributed by atoms with van der Waals surface area (Å²) in [6.07, 6.45) is 11.3. The third kappa shape index (κ3) is 13.4. The molecule has 0 atom stereocenters. The number of carbonyl (C=O) groups excluding carboxylic acids is 1. The van der Waals surface area contributed by atoms with E-state index in [4.69, 9.17) is 5.26 Å². The van der Waals surface area contributed by atoms with Gasteiger partial charge < -0.3 is 10.4 Å². The summed E-state index contributed by atoms with van der Waals surface area (Å²) < 4.78 is 0. The van der Waals surface area contributed by atoms with E-state index in [-0.39, 0.29) is 5.48 Å². The van der Waals surface area contributed by atoms with E-state index < -0.39 is 5.97 Å². The van der Waals surface area contributed by atoms with E-state index in [1.165, 1.54) is 44.9 Å². The van der Waals surface area contributed by atoms with Crippen LogP contribution < -0.4 is 0 Å². The highest BCUT2D eigenvalue weighted by Crippen LogP contribution is 2.10. The number of carbonyl (C=O) groups is 1. The SMILES string of the molecule is CCCCCCCCCCCC(=O)OO.O. The molecule has 0 fully saturated rings. The quantitative estimate of drug-likeness (QED) is 0.358. The summed E-state index contributed by atoms with van der Waals surface area (Å²) in [5.41, 5.74) is 0. The van der Waals surface area contributed by atoms with Gasteiger partial charge in [0.1, 0.15) is 0 Å². The zero-order valence-electron chi connectivity index (χ0n) is 10.3. The van der Waals surface area contributed by atoms with Gasteiger partial charge in [-0.15, -0.1) is 0 Å². The highest BCUT2D eigenvalue weighted by atomic mass is 17.1. The first kappa shape index (κ1) is 17.8. The lowest BCUT2D eigenvalue weighted by molar-refractivity contribution is -0.234. The molecule has 0 unspecified atom stereocenters. The molecule has 0 saturated heterocycles. The van der Waals surface area contributed by atoms with E-state index in [9.17, 15) is 4.79 Å². The van der Waals surface area contributed by atoms with Gasteiger partial charge in [-0.2, -0.15) is 5.26 Å². The molecule has 98 valence electrons. The fourth-order valence-corrected chi connectivity index (χ4v) is 1.63. The number of unbranched alkanes of at least 4 members (excludes halogenated alkanes) is 8. The zero-order chi connectivity index (χ0) is 11.4. The van der Waals surface area contributed by atoms with Crippen LogP contribution in [0.4, 0.5) is 0 Å². The van der Waals surface area contributed by atoms with E-state index in [0.717, 1.165) is 12.8 Å². The van der Waals surface area contributed by atoms with Crippen molar-refractivity contribution in [1.82, 2.24) is 0 Å². The Morgan fingerprint density at radius 1 is 0.938 bits per heavy atom. The Hall–Kier alpha value is -0.610. The molecule has 0 rings (SSSR count). The summed E-state index contributed by atoms with van der Waals surface area (Å²) in [4.78, 5) is 14.1. The molecule has 4 heteroatoms. The van der Waals surface area contributed by atoms with Gasteiger partial charge >= 0.3 is 5.97 Å². The molecule has 16 heavy (non-hydrogen) atoms. The molecule has 0 aromatic rings. The van der Waals surface area contributed by atoms with E-state index in [0.29, 0.717) is 6.42 Å². The molecule has 0 aromatic heterocycles. The van der Waals surface area contributed by atoms with Gasteiger partial charge in [-0.1, -0.05) is 58.3 Å². The third-order valence-electron chi connectivity index (χ3n) is 2.59. The molecule has 0 aliphatic heterocycles. The van der Waals surface area contributed by atoms with Gasteiger partial charge in [0.15, 0.2) is 0 Å². The summed E-state index contributed by atoms with van der Waals surface area (Å²) in [7, 11) is 0. The van der Waals surface area contributed by atoms with Crippen molar-refractivity contribution in [2.45, 2.75) is 71.1 Å². The molecule has 0 radical (unpaired) electrons. The Morgan fingerprint density at radius 3 is 1.81 bits per heavy atom. The summed E-state index contributed by atoms with van der Waals surface area (Å²) in [5, 5.41) is 8.01. The molecule has 0 aromatic carbocycles. The van der Waals surface area contributed by atoms with Crippen LogP contribution in [0.5, 0.6) is 0 Å². The number of rotatable bonds is 10. The van der Waals surface area contributed by atoms with Crippen LogP contribution in [0.15, 0.2) is 0 Å². The average molecular weight is 234 g/mol. The molecule has 0 heterocycles. The minimum Gasteiger partial charge on any atom is -0.412 e. The second-order valence-corrected chi connectivity index (χ2v) is 4.04. The predicted octanol–water partition coefficient (Wildman–Crippen LogP) is 3.10. The standard InChI is InChI=1S/C12H24O3.H2O/c1-2-3-4-5-6-7-8-9-10-11-12(13)15-14;/h14H,2-11H2,1H3;1H2. The van der Waals surface area contributed by atoms with Gasteiger partial charge in [-0.05, 0) is 6.42 Å². The fourth-order valence-electron chi connectivity index (χ4n) is 1.63. The molecule has 0 amide bonds. The largest absolute Gasteiger partial charge is 0.412 e. The van der Waals surface area contributed by atoms with Crippen LogP contribution in [0.2, 0.25) is 0 Å². The van der Waals surface area contributed by atoms with Crippen molar-refractivity contribution >= 4 is 5.97 Å². The molecule has 4 nitrogen and oxygen atoms in total. The summed E-state index contributed by atoms with van der Waals surface area (Å²) in [6, 6.07) is 0. The van der Waals surface area contributed by atoms with E-state index in [2.05, 4.69) is 11.8 Å². The van der Waals surface area contributed by atoms with Crippen molar-refractivity contribution in [3.8, 4) is 0 Å².